The number of carbonyl (C=O) groups is 3. The Kier molecular flexibility index (Phi) is 5.50. The van der Waals surface area contributed by atoms with Gasteiger partial charge in [-0.15, -0.1) is 11.3 Å². The van der Waals surface area contributed by atoms with Crippen LogP contribution < -0.4 is 10.6 Å². The van der Waals surface area contributed by atoms with Crippen molar-refractivity contribution in [1.29, 1.82) is 5.26 Å². The van der Waals surface area contributed by atoms with Crippen LogP contribution in [0.4, 0.5) is 9.80 Å². The predicted molar refractivity (Wildman–Crippen MR) is 118 cm³/mol. The lowest BCUT2D eigenvalue weighted by Crippen LogP contribution is -2.42. The highest BCUT2D eigenvalue weighted by molar-refractivity contribution is 7.16. The van der Waals surface area contributed by atoms with Gasteiger partial charge < -0.3 is 10.6 Å². The highest BCUT2D eigenvalue weighted by Crippen LogP contribution is 2.39. The number of amides is 4. The number of nitrogens with one attached hydrogen (secondary N) is 2. The molecule has 2 aliphatic rings. The van der Waals surface area contributed by atoms with E-state index in [2.05, 4.69) is 23.6 Å². The van der Waals surface area contributed by atoms with Crippen LogP contribution in [0.5, 0.6) is 0 Å². The Morgan fingerprint density at radius 3 is 2.77 bits per heavy atom. The molecule has 4 amide bonds. The van der Waals surface area contributed by atoms with Crippen LogP contribution in [0.1, 0.15) is 41.8 Å². The Balaban J connectivity index is 1.51. The molecule has 1 aromatic heterocycles. The normalized spacial score (nSPS) is 22.6. The van der Waals surface area contributed by atoms with Crippen LogP contribution in [0.15, 0.2) is 24.3 Å². The van der Waals surface area contributed by atoms with Crippen molar-refractivity contribution in [3.8, 4) is 6.07 Å². The first kappa shape index (κ1) is 21.3. The third-order valence-electron chi connectivity index (χ3n) is 5.87. The van der Waals surface area contributed by atoms with Crippen LogP contribution in [-0.4, -0.2) is 29.3 Å². The van der Waals surface area contributed by atoms with Crippen LogP contribution in [0.3, 0.4) is 0 Å². The van der Waals surface area contributed by atoms with E-state index in [1.807, 2.05) is 0 Å². The largest absolute Gasteiger partial charge is 0.325 e. The van der Waals surface area contributed by atoms with Crippen LogP contribution >= 0.6 is 22.9 Å². The van der Waals surface area contributed by atoms with E-state index in [-0.39, 0.29) is 0 Å². The van der Waals surface area contributed by atoms with Crippen LogP contribution in [0.25, 0.3) is 0 Å². The predicted octanol–water partition coefficient (Wildman–Crippen LogP) is 3.80. The average molecular weight is 457 g/mol. The summed E-state index contributed by atoms with van der Waals surface area (Å²) in [6.45, 7) is 3.33. The smallest absolute Gasteiger partial charge is 0.319 e. The fourth-order valence-corrected chi connectivity index (χ4v) is 5.59. The van der Waals surface area contributed by atoms with E-state index < -0.39 is 29.9 Å². The van der Waals surface area contributed by atoms with E-state index in [0.717, 1.165) is 34.6 Å². The molecule has 2 atom stereocenters. The van der Waals surface area contributed by atoms with Gasteiger partial charge in [-0.25, -0.2) is 4.79 Å². The molecule has 1 fully saturated rings. The molecule has 9 heteroatoms. The average Bonchev–Trinajstić information content (AvgIpc) is 3.17. The quantitative estimate of drug-likeness (QED) is 0.683. The Bertz CT molecular complexity index is 1120. The van der Waals surface area contributed by atoms with Gasteiger partial charge in [0.1, 0.15) is 23.2 Å². The minimum atomic E-state index is -1.28. The van der Waals surface area contributed by atoms with Crippen molar-refractivity contribution in [2.45, 2.75) is 38.6 Å². The second-order valence-corrected chi connectivity index (χ2v) is 9.71. The molecule has 1 aliphatic carbocycles. The van der Waals surface area contributed by atoms with Gasteiger partial charge in [0.15, 0.2) is 0 Å². The Labute approximate surface area is 189 Å². The molecular formula is C22H21ClN4O3S. The van der Waals surface area contributed by atoms with E-state index in [1.54, 1.807) is 31.2 Å². The number of imide groups is 1. The van der Waals surface area contributed by atoms with Gasteiger partial charge in [0.05, 0.1) is 5.56 Å². The Hall–Kier alpha value is -2.89. The summed E-state index contributed by atoms with van der Waals surface area (Å²) in [6.07, 6.45) is 2.72. The summed E-state index contributed by atoms with van der Waals surface area (Å²) in [5.74, 6) is -0.500. The summed E-state index contributed by atoms with van der Waals surface area (Å²) in [6, 6.07) is 8.17. The molecule has 4 rings (SSSR count). The van der Waals surface area contributed by atoms with E-state index in [1.165, 1.54) is 11.3 Å². The molecule has 0 saturated carbocycles. The molecule has 1 aromatic carbocycles. The van der Waals surface area contributed by atoms with E-state index in [9.17, 15) is 19.6 Å². The number of anilines is 1. The molecule has 31 heavy (non-hydrogen) atoms. The first-order valence-electron chi connectivity index (χ1n) is 9.97. The Morgan fingerprint density at radius 2 is 2.10 bits per heavy atom. The van der Waals surface area contributed by atoms with Crippen LogP contribution in [-0.2, 0) is 28.0 Å². The maximum absolute atomic E-state index is 13.0. The molecule has 2 heterocycles. The molecule has 0 bridgehead atoms. The van der Waals surface area contributed by atoms with Crippen molar-refractivity contribution >= 4 is 45.8 Å². The number of fused-ring (bicyclic) bond motifs is 1. The number of nitriles is 1. The van der Waals surface area contributed by atoms with E-state index >= 15 is 0 Å². The molecule has 160 valence electrons. The number of hydrogen-bond donors (Lipinski definition) is 2. The standard InChI is InChI=1S/C22H21ClN4O3S/c1-12-3-8-15-16(10-24)19(31-17(15)9-12)25-18(28)11-27-20(29)22(2,26-21(27)30)13-4-6-14(23)7-5-13/h4-7,12H,3,8-9,11H2,1-2H3,(H,25,28)(H,26,30)/t12-,22-/m1/s1. The number of hydrogen-bond acceptors (Lipinski definition) is 5. The first-order chi connectivity index (χ1) is 14.7. The molecule has 7 nitrogen and oxygen atoms in total. The summed E-state index contributed by atoms with van der Waals surface area (Å²) in [5, 5.41) is 16.0. The minimum Gasteiger partial charge on any atom is -0.319 e. The molecule has 0 spiro atoms. The minimum absolute atomic E-state index is 0.433. The lowest BCUT2D eigenvalue weighted by Gasteiger charge is -2.22. The summed E-state index contributed by atoms with van der Waals surface area (Å²) in [7, 11) is 0. The number of halogens is 1. The third-order valence-corrected chi connectivity index (χ3v) is 7.30. The second-order valence-electron chi connectivity index (χ2n) is 8.17. The topological polar surface area (TPSA) is 102 Å². The lowest BCUT2D eigenvalue weighted by atomic mass is 9.89. The molecule has 1 aliphatic heterocycles. The first-order valence-corrected chi connectivity index (χ1v) is 11.2. The van der Waals surface area contributed by atoms with Crippen molar-refractivity contribution in [2.24, 2.45) is 5.92 Å². The van der Waals surface area contributed by atoms with Crippen LogP contribution in [0.2, 0.25) is 5.02 Å². The summed E-state index contributed by atoms with van der Waals surface area (Å²) < 4.78 is 0. The van der Waals surface area contributed by atoms with Gasteiger partial charge in [-0.1, -0.05) is 30.7 Å². The zero-order valence-corrected chi connectivity index (χ0v) is 18.7. The fraction of sp³-hybridized carbons (Fsp3) is 0.364. The number of nitrogens with zero attached hydrogens (tertiary/aromatic N) is 2. The maximum atomic E-state index is 13.0. The third kappa shape index (κ3) is 3.80. The van der Waals surface area contributed by atoms with Crippen molar-refractivity contribution < 1.29 is 14.4 Å². The monoisotopic (exact) mass is 456 g/mol. The zero-order chi connectivity index (χ0) is 22.3. The molecular weight excluding hydrogens is 436 g/mol. The summed E-state index contributed by atoms with van der Waals surface area (Å²) in [4.78, 5) is 40.2. The highest BCUT2D eigenvalue weighted by Gasteiger charge is 2.49. The second kappa shape index (κ2) is 7.98. The van der Waals surface area contributed by atoms with Gasteiger partial charge in [-0.05, 0) is 55.4 Å². The van der Waals surface area contributed by atoms with Crippen molar-refractivity contribution in [2.75, 3.05) is 11.9 Å². The van der Waals surface area contributed by atoms with Crippen LogP contribution in [0, 0.1) is 17.2 Å². The van der Waals surface area contributed by atoms with Gasteiger partial charge >= 0.3 is 6.03 Å². The number of urea groups is 1. The summed E-state index contributed by atoms with van der Waals surface area (Å²) in [5.41, 5.74) is 0.789. The molecule has 0 radical (unpaired) electrons. The van der Waals surface area contributed by atoms with Crippen molar-refractivity contribution in [3.63, 3.8) is 0 Å². The van der Waals surface area contributed by atoms with Gasteiger partial charge in [0.2, 0.25) is 5.91 Å². The number of rotatable bonds is 4. The molecule has 0 unspecified atom stereocenters. The van der Waals surface area contributed by atoms with Gasteiger partial charge in [-0.3, -0.25) is 14.5 Å². The van der Waals surface area contributed by atoms with Gasteiger partial charge in [-0.2, -0.15) is 5.26 Å². The van der Waals surface area contributed by atoms with Gasteiger partial charge in [0, 0.05) is 9.90 Å². The number of thiophene rings is 1. The molecule has 2 aromatic rings. The van der Waals surface area contributed by atoms with Gasteiger partial charge in [0.25, 0.3) is 5.91 Å². The number of benzene rings is 1. The lowest BCUT2D eigenvalue weighted by molar-refractivity contribution is -0.133. The fourth-order valence-electron chi connectivity index (χ4n) is 4.09. The number of carbonyl (C=O) groups excluding carboxylic acids is 3. The highest BCUT2D eigenvalue weighted by atomic mass is 35.5. The zero-order valence-electron chi connectivity index (χ0n) is 17.1. The summed E-state index contributed by atoms with van der Waals surface area (Å²) >= 11 is 7.32. The SMILES string of the molecule is C[C@@H]1CCc2c(sc(NC(=O)CN3C(=O)N[C@](C)(c4ccc(Cl)cc4)C3=O)c2C#N)C1. The van der Waals surface area contributed by atoms with E-state index in [0.29, 0.717) is 27.1 Å². The van der Waals surface area contributed by atoms with E-state index in [4.69, 9.17) is 11.6 Å². The maximum Gasteiger partial charge on any atom is 0.325 e. The molecule has 2 N–H and O–H groups in total. The van der Waals surface area contributed by atoms with Crippen molar-refractivity contribution in [1.82, 2.24) is 10.2 Å². The Morgan fingerprint density at radius 1 is 1.39 bits per heavy atom. The van der Waals surface area contributed by atoms with Crippen molar-refractivity contribution in [3.05, 3.63) is 50.9 Å². The molecule has 1 saturated heterocycles.